The lowest BCUT2D eigenvalue weighted by Gasteiger charge is -2.33. The number of sulfonamides is 1. The van der Waals surface area contributed by atoms with Crippen molar-refractivity contribution in [3.8, 4) is 0 Å². The van der Waals surface area contributed by atoms with Crippen molar-refractivity contribution >= 4 is 39.1 Å². The lowest BCUT2D eigenvalue weighted by molar-refractivity contribution is -0.139. The number of hydrogen-bond acceptors (Lipinski definition) is 4. The Hall–Kier alpha value is -3.57. The molecule has 43 heavy (non-hydrogen) atoms. The SMILES string of the molecule is CCCNC(=O)C(CC)N(CCc1ccccc1)C(=O)CN(c1ccc(Cl)c(C(F)(F)F)c1)S(=O)(=O)c1ccc(C)cc1. The van der Waals surface area contributed by atoms with Gasteiger partial charge >= 0.3 is 6.18 Å². The van der Waals surface area contributed by atoms with Crippen molar-refractivity contribution in [3.63, 3.8) is 0 Å². The molecule has 0 aliphatic carbocycles. The van der Waals surface area contributed by atoms with E-state index in [4.69, 9.17) is 11.6 Å². The second kappa shape index (κ2) is 14.7. The molecule has 1 atom stereocenters. The van der Waals surface area contributed by atoms with Gasteiger partial charge in [-0.15, -0.1) is 0 Å². The molecule has 0 radical (unpaired) electrons. The predicted octanol–water partition coefficient (Wildman–Crippen LogP) is 6.24. The molecule has 3 aromatic rings. The summed E-state index contributed by atoms with van der Waals surface area (Å²) in [5.41, 5.74) is 0.0239. The minimum Gasteiger partial charge on any atom is -0.354 e. The van der Waals surface area contributed by atoms with Gasteiger partial charge < -0.3 is 10.2 Å². The van der Waals surface area contributed by atoms with Crippen LogP contribution in [-0.2, 0) is 32.2 Å². The molecule has 0 saturated carbocycles. The van der Waals surface area contributed by atoms with Crippen LogP contribution in [0.1, 0.15) is 43.4 Å². The lowest BCUT2D eigenvalue weighted by atomic mass is 10.1. The molecule has 0 aliphatic heterocycles. The minimum absolute atomic E-state index is 0.0771. The molecule has 0 aromatic heterocycles. The third kappa shape index (κ3) is 8.73. The van der Waals surface area contributed by atoms with Gasteiger partial charge in [-0.3, -0.25) is 13.9 Å². The molecule has 12 heteroatoms. The highest BCUT2D eigenvalue weighted by atomic mass is 35.5. The number of anilines is 1. The van der Waals surface area contributed by atoms with Gasteiger partial charge in [0.1, 0.15) is 12.6 Å². The number of amides is 2. The Morgan fingerprint density at radius 3 is 2.21 bits per heavy atom. The summed E-state index contributed by atoms with van der Waals surface area (Å²) < 4.78 is 69.8. The molecule has 1 unspecified atom stereocenters. The van der Waals surface area contributed by atoms with Crippen LogP contribution in [0.3, 0.4) is 0 Å². The first-order chi connectivity index (χ1) is 20.3. The van der Waals surface area contributed by atoms with Crippen molar-refractivity contribution in [1.29, 1.82) is 0 Å². The van der Waals surface area contributed by atoms with Crippen LogP contribution in [0.2, 0.25) is 5.02 Å². The molecule has 0 fully saturated rings. The normalized spacial score (nSPS) is 12.4. The van der Waals surface area contributed by atoms with Gasteiger partial charge in [0.05, 0.1) is 21.2 Å². The number of nitrogens with zero attached hydrogens (tertiary/aromatic N) is 2. The predicted molar refractivity (Wildman–Crippen MR) is 161 cm³/mol. The van der Waals surface area contributed by atoms with Gasteiger partial charge in [0.15, 0.2) is 0 Å². The average Bonchev–Trinajstić information content (AvgIpc) is 2.97. The molecule has 3 aromatic carbocycles. The van der Waals surface area contributed by atoms with Crippen molar-refractivity contribution in [2.75, 3.05) is 23.9 Å². The summed E-state index contributed by atoms with van der Waals surface area (Å²) in [5.74, 6) is -1.14. The fourth-order valence-electron chi connectivity index (χ4n) is 4.51. The highest BCUT2D eigenvalue weighted by Crippen LogP contribution is 2.38. The van der Waals surface area contributed by atoms with Crippen LogP contribution in [0.15, 0.2) is 77.7 Å². The molecule has 0 saturated heterocycles. The van der Waals surface area contributed by atoms with E-state index in [0.717, 1.165) is 23.3 Å². The summed E-state index contributed by atoms with van der Waals surface area (Å²) >= 11 is 5.82. The number of benzene rings is 3. The van der Waals surface area contributed by atoms with Crippen molar-refractivity contribution in [3.05, 3.63) is 94.5 Å². The van der Waals surface area contributed by atoms with E-state index in [1.54, 1.807) is 26.0 Å². The maximum Gasteiger partial charge on any atom is 0.417 e. The highest BCUT2D eigenvalue weighted by molar-refractivity contribution is 7.92. The largest absolute Gasteiger partial charge is 0.417 e. The standard InChI is InChI=1S/C31H35ClF3N3O4S/c1-4-18-36-30(40)28(5-2)37(19-17-23-9-7-6-8-10-23)29(39)21-38(43(41,42)25-14-11-22(3)12-15-25)24-13-16-27(32)26(20-24)31(33,34)35/h6-16,20,28H,4-5,17-19,21H2,1-3H3,(H,36,40). The molecule has 0 aliphatic rings. The number of nitrogens with one attached hydrogen (secondary N) is 1. The Balaban J connectivity index is 2.09. The lowest BCUT2D eigenvalue weighted by Crippen LogP contribution is -2.53. The van der Waals surface area contributed by atoms with Gasteiger partial charge in [0.2, 0.25) is 11.8 Å². The smallest absolute Gasteiger partial charge is 0.354 e. The Bertz CT molecular complexity index is 1500. The summed E-state index contributed by atoms with van der Waals surface area (Å²) in [7, 11) is -4.53. The zero-order chi connectivity index (χ0) is 31.8. The summed E-state index contributed by atoms with van der Waals surface area (Å²) in [4.78, 5) is 28.2. The molecule has 232 valence electrons. The average molecular weight is 638 g/mol. The number of carbonyl (C=O) groups is 2. The van der Waals surface area contributed by atoms with Gasteiger partial charge in [-0.25, -0.2) is 8.42 Å². The second-order valence-corrected chi connectivity index (χ2v) is 12.3. The number of alkyl halides is 3. The fraction of sp³-hybridized carbons (Fsp3) is 0.355. The Labute approximate surface area is 255 Å². The Morgan fingerprint density at radius 1 is 0.977 bits per heavy atom. The molecule has 0 bridgehead atoms. The van der Waals surface area contributed by atoms with Crippen molar-refractivity contribution in [1.82, 2.24) is 10.2 Å². The van der Waals surface area contributed by atoms with E-state index in [1.807, 2.05) is 37.3 Å². The van der Waals surface area contributed by atoms with Crippen LogP contribution in [0.25, 0.3) is 0 Å². The number of carbonyl (C=O) groups excluding carboxylic acids is 2. The van der Waals surface area contributed by atoms with E-state index in [-0.39, 0.29) is 17.9 Å². The molecule has 0 spiro atoms. The summed E-state index contributed by atoms with van der Waals surface area (Å²) in [6.07, 6.45) is -3.60. The topological polar surface area (TPSA) is 86.8 Å². The highest BCUT2D eigenvalue weighted by Gasteiger charge is 2.37. The summed E-state index contributed by atoms with van der Waals surface area (Å²) in [6.45, 7) is 4.99. The van der Waals surface area contributed by atoms with Gasteiger partial charge in [0.25, 0.3) is 10.0 Å². The van der Waals surface area contributed by atoms with E-state index in [9.17, 15) is 31.2 Å². The maximum atomic E-state index is 14.0. The first-order valence-corrected chi connectivity index (χ1v) is 15.7. The van der Waals surface area contributed by atoms with Crippen molar-refractivity contribution in [2.45, 2.75) is 57.1 Å². The van der Waals surface area contributed by atoms with Crippen LogP contribution in [-0.4, -0.2) is 50.8 Å². The first-order valence-electron chi connectivity index (χ1n) is 13.9. The zero-order valence-corrected chi connectivity index (χ0v) is 25.8. The van der Waals surface area contributed by atoms with E-state index >= 15 is 0 Å². The number of hydrogen-bond donors (Lipinski definition) is 1. The second-order valence-electron chi connectivity index (χ2n) is 10.0. The number of rotatable bonds is 13. The molecular formula is C31H35ClF3N3O4S. The van der Waals surface area contributed by atoms with Crippen LogP contribution < -0.4 is 9.62 Å². The maximum absolute atomic E-state index is 14.0. The molecule has 1 N–H and O–H groups in total. The Kier molecular flexibility index (Phi) is 11.6. The monoisotopic (exact) mass is 637 g/mol. The number of halogens is 4. The van der Waals surface area contributed by atoms with E-state index in [2.05, 4.69) is 5.32 Å². The van der Waals surface area contributed by atoms with Crippen LogP contribution in [0, 0.1) is 6.92 Å². The fourth-order valence-corrected chi connectivity index (χ4v) is 6.14. The van der Waals surface area contributed by atoms with Gasteiger partial charge in [-0.1, -0.05) is 73.5 Å². The molecule has 0 heterocycles. The number of aryl methyl sites for hydroxylation is 1. The van der Waals surface area contributed by atoms with Crippen molar-refractivity contribution in [2.24, 2.45) is 0 Å². The van der Waals surface area contributed by atoms with Crippen LogP contribution >= 0.6 is 11.6 Å². The first kappa shape index (κ1) is 33.9. The van der Waals surface area contributed by atoms with E-state index < -0.39 is 56.9 Å². The van der Waals surface area contributed by atoms with Crippen molar-refractivity contribution < 1.29 is 31.2 Å². The summed E-state index contributed by atoms with van der Waals surface area (Å²) in [5, 5.41) is 2.18. The molecular weight excluding hydrogens is 603 g/mol. The minimum atomic E-state index is -4.87. The van der Waals surface area contributed by atoms with Crippen LogP contribution in [0.4, 0.5) is 18.9 Å². The Morgan fingerprint density at radius 2 is 1.63 bits per heavy atom. The quantitative estimate of drug-likeness (QED) is 0.240. The van der Waals surface area contributed by atoms with Gasteiger partial charge in [-0.2, -0.15) is 13.2 Å². The zero-order valence-electron chi connectivity index (χ0n) is 24.2. The molecule has 7 nitrogen and oxygen atoms in total. The van der Waals surface area contributed by atoms with E-state index in [0.29, 0.717) is 29.8 Å². The van der Waals surface area contributed by atoms with Crippen LogP contribution in [0.5, 0.6) is 0 Å². The van der Waals surface area contributed by atoms with Gasteiger partial charge in [-0.05, 0) is 62.1 Å². The molecule has 3 rings (SSSR count). The van der Waals surface area contributed by atoms with E-state index in [1.165, 1.54) is 17.0 Å². The third-order valence-corrected chi connectivity index (χ3v) is 8.97. The summed E-state index contributed by atoms with van der Waals surface area (Å²) in [6, 6.07) is 16.7. The molecule has 2 amide bonds. The van der Waals surface area contributed by atoms with Gasteiger partial charge in [0, 0.05) is 13.1 Å². The third-order valence-electron chi connectivity index (χ3n) is 6.85.